The summed E-state index contributed by atoms with van der Waals surface area (Å²) in [5.41, 5.74) is -0.0198. The number of halogens is 3. The number of rotatable bonds is 5. The van der Waals surface area contributed by atoms with E-state index in [1.807, 2.05) is 0 Å². The van der Waals surface area contributed by atoms with E-state index in [2.05, 4.69) is 10.1 Å². The number of amides is 1. The molecule has 0 aliphatic rings. The first-order valence-electron chi connectivity index (χ1n) is 7.54. The molecule has 0 heterocycles. The van der Waals surface area contributed by atoms with E-state index in [1.54, 1.807) is 0 Å². The Hall–Kier alpha value is -2.87. The summed E-state index contributed by atoms with van der Waals surface area (Å²) in [6.07, 6.45) is -5.61. The molecule has 0 bridgehead atoms. The van der Waals surface area contributed by atoms with Gasteiger partial charge in [0, 0.05) is 12.1 Å². The topological polar surface area (TPSA) is 75.6 Å². The van der Waals surface area contributed by atoms with Gasteiger partial charge < -0.3 is 15.2 Å². The summed E-state index contributed by atoms with van der Waals surface area (Å²) in [5.74, 6) is -1.03. The third-order valence-corrected chi connectivity index (χ3v) is 3.65. The number of alkyl halides is 3. The molecule has 0 saturated carbocycles. The van der Waals surface area contributed by atoms with E-state index in [0.29, 0.717) is 0 Å². The quantitative estimate of drug-likeness (QED) is 0.797. The van der Waals surface area contributed by atoms with E-state index in [9.17, 15) is 27.9 Å². The molecule has 26 heavy (non-hydrogen) atoms. The van der Waals surface area contributed by atoms with Gasteiger partial charge in [0.05, 0.1) is 24.3 Å². The first kappa shape index (κ1) is 19.5. The molecule has 138 valence electrons. The van der Waals surface area contributed by atoms with Crippen molar-refractivity contribution in [1.29, 1.82) is 0 Å². The Bertz CT molecular complexity index is 771. The van der Waals surface area contributed by atoms with Crippen LogP contribution in [-0.2, 0) is 10.9 Å². The SMILES string of the molecule is COC(=O)c1ccc(C(=O)NC[C@@H](O)c2ccc(C(F)(F)F)cc2)cc1. The molecule has 1 atom stereocenters. The molecule has 0 aliphatic heterocycles. The van der Waals surface area contributed by atoms with Gasteiger partial charge >= 0.3 is 12.1 Å². The maximum Gasteiger partial charge on any atom is 0.416 e. The van der Waals surface area contributed by atoms with Crippen molar-refractivity contribution in [1.82, 2.24) is 5.32 Å². The van der Waals surface area contributed by atoms with Gasteiger partial charge in [-0.3, -0.25) is 4.79 Å². The van der Waals surface area contributed by atoms with E-state index in [0.717, 1.165) is 24.3 Å². The molecule has 8 heteroatoms. The van der Waals surface area contributed by atoms with Crippen LogP contribution in [0.25, 0.3) is 0 Å². The number of benzene rings is 2. The van der Waals surface area contributed by atoms with Crippen molar-refractivity contribution in [3.05, 3.63) is 70.8 Å². The van der Waals surface area contributed by atoms with Crippen molar-refractivity contribution in [3.8, 4) is 0 Å². The van der Waals surface area contributed by atoms with Gasteiger partial charge in [-0.05, 0) is 42.0 Å². The lowest BCUT2D eigenvalue weighted by molar-refractivity contribution is -0.137. The molecule has 0 fully saturated rings. The minimum atomic E-state index is -4.45. The van der Waals surface area contributed by atoms with Gasteiger partial charge in [-0.25, -0.2) is 4.79 Å². The Balaban J connectivity index is 1.95. The van der Waals surface area contributed by atoms with Crippen LogP contribution in [0.4, 0.5) is 13.2 Å². The van der Waals surface area contributed by atoms with Crippen molar-refractivity contribution in [2.24, 2.45) is 0 Å². The molecule has 0 radical (unpaired) electrons. The van der Waals surface area contributed by atoms with Crippen LogP contribution in [0, 0.1) is 0 Å². The van der Waals surface area contributed by atoms with Gasteiger partial charge in [-0.15, -0.1) is 0 Å². The highest BCUT2D eigenvalue weighted by Gasteiger charge is 2.30. The maximum absolute atomic E-state index is 12.5. The summed E-state index contributed by atoms with van der Waals surface area (Å²) in [6.45, 7) is -0.178. The lowest BCUT2D eigenvalue weighted by Crippen LogP contribution is -2.28. The van der Waals surface area contributed by atoms with Crippen molar-refractivity contribution >= 4 is 11.9 Å². The van der Waals surface area contributed by atoms with E-state index < -0.39 is 29.7 Å². The Morgan fingerprint density at radius 2 is 1.58 bits per heavy atom. The second-order valence-electron chi connectivity index (χ2n) is 5.41. The van der Waals surface area contributed by atoms with E-state index in [1.165, 1.54) is 31.4 Å². The average Bonchev–Trinajstić information content (AvgIpc) is 2.64. The monoisotopic (exact) mass is 367 g/mol. The second-order valence-corrected chi connectivity index (χ2v) is 5.41. The largest absolute Gasteiger partial charge is 0.465 e. The minimum absolute atomic E-state index is 0.178. The normalized spacial score (nSPS) is 12.3. The smallest absolute Gasteiger partial charge is 0.416 e. The predicted molar refractivity (Wildman–Crippen MR) is 86.5 cm³/mol. The van der Waals surface area contributed by atoms with Gasteiger partial charge in [-0.1, -0.05) is 12.1 Å². The first-order valence-corrected chi connectivity index (χ1v) is 7.54. The molecule has 2 rings (SSSR count). The second kappa shape index (κ2) is 8.01. The van der Waals surface area contributed by atoms with Crippen molar-refractivity contribution in [2.75, 3.05) is 13.7 Å². The number of methoxy groups -OCH3 is 1. The summed E-state index contributed by atoms with van der Waals surface area (Å²) in [4.78, 5) is 23.4. The molecule has 0 unspecified atom stereocenters. The van der Waals surface area contributed by atoms with Crippen molar-refractivity contribution < 1.29 is 32.6 Å². The lowest BCUT2D eigenvalue weighted by atomic mass is 10.1. The van der Waals surface area contributed by atoms with E-state index in [4.69, 9.17) is 0 Å². The fraction of sp³-hybridized carbons (Fsp3) is 0.222. The maximum atomic E-state index is 12.5. The molecule has 2 N–H and O–H groups in total. The van der Waals surface area contributed by atoms with Crippen LogP contribution in [0.15, 0.2) is 48.5 Å². The van der Waals surface area contributed by atoms with E-state index >= 15 is 0 Å². The van der Waals surface area contributed by atoms with Crippen LogP contribution >= 0.6 is 0 Å². The number of ether oxygens (including phenoxy) is 1. The highest BCUT2D eigenvalue weighted by molar-refractivity contribution is 5.96. The molecule has 2 aromatic carbocycles. The van der Waals surface area contributed by atoms with Crippen molar-refractivity contribution in [2.45, 2.75) is 12.3 Å². The lowest BCUT2D eigenvalue weighted by Gasteiger charge is -2.14. The highest BCUT2D eigenvalue weighted by Crippen LogP contribution is 2.29. The van der Waals surface area contributed by atoms with Crippen LogP contribution in [0.5, 0.6) is 0 Å². The third kappa shape index (κ3) is 4.82. The molecule has 5 nitrogen and oxygen atoms in total. The third-order valence-electron chi connectivity index (χ3n) is 3.65. The number of carbonyl (C=O) groups excluding carboxylic acids is 2. The van der Waals surface area contributed by atoms with Gasteiger partial charge in [0.25, 0.3) is 5.91 Å². The van der Waals surface area contributed by atoms with Crippen LogP contribution in [0.1, 0.15) is 37.9 Å². The number of hydrogen-bond acceptors (Lipinski definition) is 4. The zero-order valence-corrected chi connectivity index (χ0v) is 13.7. The molecule has 0 aromatic heterocycles. The van der Waals surface area contributed by atoms with Crippen LogP contribution in [0.2, 0.25) is 0 Å². The standard InChI is InChI=1S/C18H16F3NO4/c1-26-17(25)13-4-2-12(3-5-13)16(24)22-10-15(23)11-6-8-14(9-7-11)18(19,20)21/h2-9,15,23H,10H2,1H3,(H,22,24)/t15-/m1/s1. The van der Waals surface area contributed by atoms with E-state index in [-0.39, 0.29) is 23.2 Å². The molecule has 0 aliphatic carbocycles. The number of aliphatic hydroxyl groups excluding tert-OH is 1. The van der Waals surface area contributed by atoms with Gasteiger partial charge in [-0.2, -0.15) is 13.2 Å². The average molecular weight is 367 g/mol. The Morgan fingerprint density at radius 3 is 2.08 bits per heavy atom. The molecular weight excluding hydrogens is 351 g/mol. The number of hydrogen-bond donors (Lipinski definition) is 2. The van der Waals surface area contributed by atoms with Gasteiger partial charge in [0.15, 0.2) is 0 Å². The van der Waals surface area contributed by atoms with Crippen LogP contribution in [-0.4, -0.2) is 30.6 Å². The fourth-order valence-corrected chi connectivity index (χ4v) is 2.18. The zero-order chi connectivity index (χ0) is 19.3. The molecule has 0 saturated heterocycles. The summed E-state index contributed by atoms with van der Waals surface area (Å²) in [7, 11) is 1.24. The van der Waals surface area contributed by atoms with Crippen molar-refractivity contribution in [3.63, 3.8) is 0 Å². The Kier molecular flexibility index (Phi) is 5.99. The van der Waals surface area contributed by atoms with Crippen LogP contribution < -0.4 is 5.32 Å². The number of nitrogens with one attached hydrogen (secondary N) is 1. The fourth-order valence-electron chi connectivity index (χ4n) is 2.18. The Labute approximate surface area is 147 Å². The van der Waals surface area contributed by atoms with Crippen LogP contribution in [0.3, 0.4) is 0 Å². The number of esters is 1. The molecule has 2 aromatic rings. The zero-order valence-electron chi connectivity index (χ0n) is 13.7. The van der Waals surface area contributed by atoms with Gasteiger partial charge in [0.2, 0.25) is 0 Å². The van der Waals surface area contributed by atoms with Gasteiger partial charge in [0.1, 0.15) is 0 Å². The summed E-state index contributed by atoms with van der Waals surface area (Å²) >= 11 is 0. The summed E-state index contributed by atoms with van der Waals surface area (Å²) < 4.78 is 42.1. The molecular formula is C18H16F3NO4. The predicted octanol–water partition coefficient (Wildman–Crippen LogP) is 2.96. The summed E-state index contributed by atoms with van der Waals surface area (Å²) in [5, 5.41) is 12.5. The molecule has 0 spiro atoms. The number of aliphatic hydroxyl groups is 1. The summed E-state index contributed by atoms with van der Waals surface area (Å²) in [6, 6.07) is 9.74. The minimum Gasteiger partial charge on any atom is -0.465 e. The first-order chi connectivity index (χ1) is 12.2. The molecule has 1 amide bonds. The highest BCUT2D eigenvalue weighted by atomic mass is 19.4. The number of carbonyl (C=O) groups is 2. The Morgan fingerprint density at radius 1 is 1.04 bits per heavy atom.